The third-order valence-electron chi connectivity index (χ3n) is 3.15. The van der Waals surface area contributed by atoms with E-state index < -0.39 is 0 Å². The summed E-state index contributed by atoms with van der Waals surface area (Å²) in [6.45, 7) is 1.72. The first kappa shape index (κ1) is 11.4. The van der Waals surface area contributed by atoms with Gasteiger partial charge in [-0.15, -0.1) is 0 Å². The molecule has 1 unspecified atom stereocenters. The first-order valence-corrected chi connectivity index (χ1v) is 6.94. The van der Waals surface area contributed by atoms with Gasteiger partial charge in [0.05, 0.1) is 23.7 Å². The molecule has 1 aliphatic heterocycles. The molecule has 1 fully saturated rings. The molecular weight excluding hydrogens is 300 g/mol. The predicted molar refractivity (Wildman–Crippen MR) is 73.8 cm³/mol. The lowest BCUT2D eigenvalue weighted by Gasteiger charge is -2.11. The molecule has 3 nitrogen and oxygen atoms in total. The summed E-state index contributed by atoms with van der Waals surface area (Å²) in [6.07, 6.45) is 2.59. The molecule has 0 bridgehead atoms. The summed E-state index contributed by atoms with van der Waals surface area (Å²) in [7, 11) is 0. The number of nitrogens with zero attached hydrogens (tertiary/aromatic N) is 1. The van der Waals surface area contributed by atoms with Crippen LogP contribution in [0.3, 0.4) is 0 Å². The van der Waals surface area contributed by atoms with Crippen molar-refractivity contribution >= 4 is 39.2 Å². The highest BCUT2D eigenvalue weighted by Crippen LogP contribution is 2.22. The second kappa shape index (κ2) is 4.55. The summed E-state index contributed by atoms with van der Waals surface area (Å²) >= 11 is 8.86. The van der Waals surface area contributed by atoms with Gasteiger partial charge in [-0.2, -0.15) is 0 Å². The number of H-pyrrole nitrogens is 1. The van der Waals surface area contributed by atoms with E-state index in [-0.39, 0.29) is 0 Å². The molecule has 0 saturated carbocycles. The summed E-state index contributed by atoms with van der Waals surface area (Å²) in [4.78, 5) is 3.23. The minimum absolute atomic E-state index is 0.305. The van der Waals surface area contributed by atoms with Crippen LogP contribution in [0.15, 0.2) is 22.7 Å². The van der Waals surface area contributed by atoms with Crippen molar-refractivity contribution in [1.82, 2.24) is 9.55 Å². The van der Waals surface area contributed by atoms with Gasteiger partial charge in [-0.25, -0.2) is 0 Å². The molecule has 2 aromatic rings. The molecule has 90 valence electrons. The molecule has 1 aromatic heterocycles. The Morgan fingerprint density at radius 2 is 2.41 bits per heavy atom. The maximum absolute atomic E-state index is 5.67. The maximum atomic E-state index is 5.67. The fourth-order valence-corrected chi connectivity index (χ4v) is 2.93. The van der Waals surface area contributed by atoms with Crippen molar-refractivity contribution in [2.75, 3.05) is 6.61 Å². The average Bonchev–Trinajstić information content (AvgIpc) is 2.90. The highest BCUT2D eigenvalue weighted by Gasteiger charge is 2.17. The van der Waals surface area contributed by atoms with Crippen molar-refractivity contribution in [3.63, 3.8) is 0 Å². The van der Waals surface area contributed by atoms with Gasteiger partial charge in [0.25, 0.3) is 0 Å². The zero-order valence-corrected chi connectivity index (χ0v) is 11.7. The summed E-state index contributed by atoms with van der Waals surface area (Å²) in [5, 5.41) is 0. The fourth-order valence-electron chi connectivity index (χ4n) is 2.30. The van der Waals surface area contributed by atoms with Crippen LogP contribution in [-0.4, -0.2) is 22.3 Å². The molecule has 2 heterocycles. The Bertz CT molecular complexity index is 598. The Morgan fingerprint density at radius 1 is 1.53 bits per heavy atom. The number of nitrogens with one attached hydrogen (secondary N) is 1. The second-order valence-corrected chi connectivity index (χ2v) is 5.64. The van der Waals surface area contributed by atoms with Crippen LogP contribution >= 0.6 is 28.1 Å². The molecule has 0 aliphatic carbocycles. The number of halogens is 1. The topological polar surface area (TPSA) is 29.9 Å². The van der Waals surface area contributed by atoms with Crippen LogP contribution in [0.25, 0.3) is 11.0 Å². The van der Waals surface area contributed by atoms with Crippen molar-refractivity contribution in [2.45, 2.75) is 25.5 Å². The summed E-state index contributed by atoms with van der Waals surface area (Å²) in [5.41, 5.74) is 2.22. The van der Waals surface area contributed by atoms with Crippen LogP contribution in [0.2, 0.25) is 0 Å². The molecule has 17 heavy (non-hydrogen) atoms. The van der Waals surface area contributed by atoms with E-state index in [0.717, 1.165) is 46.3 Å². The van der Waals surface area contributed by atoms with E-state index in [1.165, 1.54) is 0 Å². The Morgan fingerprint density at radius 3 is 3.18 bits per heavy atom. The van der Waals surface area contributed by atoms with Gasteiger partial charge in [0.1, 0.15) is 0 Å². The highest BCUT2D eigenvalue weighted by atomic mass is 79.9. The van der Waals surface area contributed by atoms with Gasteiger partial charge in [0.2, 0.25) is 0 Å². The molecule has 1 atom stereocenters. The normalized spacial score (nSPS) is 20.2. The number of benzene rings is 1. The van der Waals surface area contributed by atoms with Gasteiger partial charge in [-0.3, -0.25) is 0 Å². The van der Waals surface area contributed by atoms with E-state index in [1.54, 1.807) is 0 Å². The Kier molecular flexibility index (Phi) is 3.06. The number of aromatic amines is 1. The van der Waals surface area contributed by atoms with E-state index in [2.05, 4.69) is 31.5 Å². The number of aromatic nitrogens is 2. The molecule has 5 heteroatoms. The van der Waals surface area contributed by atoms with Gasteiger partial charge >= 0.3 is 0 Å². The van der Waals surface area contributed by atoms with Gasteiger partial charge in [0.15, 0.2) is 4.77 Å². The largest absolute Gasteiger partial charge is 0.376 e. The predicted octanol–water partition coefficient (Wildman–Crippen LogP) is 3.64. The maximum Gasteiger partial charge on any atom is 0.178 e. The lowest BCUT2D eigenvalue weighted by Crippen LogP contribution is -2.14. The molecule has 1 saturated heterocycles. The number of ether oxygens (including phenoxy) is 1. The standard InChI is InChI=1S/C12H13BrN2OS/c13-8-3-4-10-11(6-8)15(12(17)14-10)7-9-2-1-5-16-9/h3-4,6,9H,1-2,5,7H2,(H,14,17). The van der Waals surface area contributed by atoms with Gasteiger partial charge in [0, 0.05) is 11.1 Å². The number of imidazole rings is 1. The number of rotatable bonds is 2. The van der Waals surface area contributed by atoms with Gasteiger partial charge < -0.3 is 14.3 Å². The molecular formula is C12H13BrN2OS. The summed E-state index contributed by atoms with van der Waals surface area (Å²) in [6, 6.07) is 6.15. The number of hydrogen-bond donors (Lipinski definition) is 1. The monoisotopic (exact) mass is 312 g/mol. The molecule has 0 spiro atoms. The lowest BCUT2D eigenvalue weighted by atomic mass is 10.2. The van der Waals surface area contributed by atoms with Crippen molar-refractivity contribution in [3.05, 3.63) is 27.4 Å². The van der Waals surface area contributed by atoms with Gasteiger partial charge in [-0.05, 0) is 43.3 Å². The molecule has 0 amide bonds. The molecule has 0 radical (unpaired) electrons. The van der Waals surface area contributed by atoms with Crippen LogP contribution in [0.5, 0.6) is 0 Å². The molecule has 3 rings (SSSR count). The van der Waals surface area contributed by atoms with E-state index in [1.807, 2.05) is 12.1 Å². The Hall–Kier alpha value is -0.650. The summed E-state index contributed by atoms with van der Waals surface area (Å²) < 4.78 is 9.64. The number of hydrogen-bond acceptors (Lipinski definition) is 2. The van der Waals surface area contributed by atoms with Crippen molar-refractivity contribution in [1.29, 1.82) is 0 Å². The van der Waals surface area contributed by atoms with E-state index in [4.69, 9.17) is 17.0 Å². The van der Waals surface area contributed by atoms with E-state index in [0.29, 0.717) is 6.10 Å². The van der Waals surface area contributed by atoms with Crippen LogP contribution < -0.4 is 0 Å². The van der Waals surface area contributed by atoms with Crippen molar-refractivity contribution in [2.24, 2.45) is 0 Å². The van der Waals surface area contributed by atoms with Gasteiger partial charge in [-0.1, -0.05) is 15.9 Å². The Balaban J connectivity index is 2.04. The summed E-state index contributed by atoms with van der Waals surface area (Å²) in [5.74, 6) is 0. The first-order valence-electron chi connectivity index (χ1n) is 5.74. The van der Waals surface area contributed by atoms with E-state index >= 15 is 0 Å². The van der Waals surface area contributed by atoms with E-state index in [9.17, 15) is 0 Å². The lowest BCUT2D eigenvalue weighted by molar-refractivity contribution is 0.0976. The third kappa shape index (κ3) is 2.19. The smallest absolute Gasteiger partial charge is 0.178 e. The number of fused-ring (bicyclic) bond motifs is 1. The van der Waals surface area contributed by atoms with Crippen LogP contribution in [0.4, 0.5) is 0 Å². The minimum atomic E-state index is 0.305. The third-order valence-corrected chi connectivity index (χ3v) is 3.96. The zero-order chi connectivity index (χ0) is 11.8. The second-order valence-electron chi connectivity index (χ2n) is 4.34. The fraction of sp³-hybridized carbons (Fsp3) is 0.417. The van der Waals surface area contributed by atoms with Crippen LogP contribution in [-0.2, 0) is 11.3 Å². The highest BCUT2D eigenvalue weighted by molar-refractivity contribution is 9.10. The Labute approximate surface area is 113 Å². The molecule has 1 N–H and O–H groups in total. The first-order chi connectivity index (χ1) is 8.24. The zero-order valence-electron chi connectivity index (χ0n) is 9.28. The SMILES string of the molecule is S=c1[nH]c2ccc(Br)cc2n1CC1CCCO1. The minimum Gasteiger partial charge on any atom is -0.376 e. The van der Waals surface area contributed by atoms with Crippen molar-refractivity contribution in [3.8, 4) is 0 Å². The average molecular weight is 313 g/mol. The van der Waals surface area contributed by atoms with Crippen LogP contribution in [0.1, 0.15) is 12.8 Å². The van der Waals surface area contributed by atoms with Crippen LogP contribution in [0, 0.1) is 4.77 Å². The molecule has 1 aliphatic rings. The molecule has 1 aromatic carbocycles. The van der Waals surface area contributed by atoms with Crippen molar-refractivity contribution < 1.29 is 4.74 Å². The quantitative estimate of drug-likeness (QED) is 0.858.